The molecule has 9 heteroatoms. The van der Waals surface area contributed by atoms with E-state index in [0.717, 1.165) is 25.0 Å². The molecule has 0 aromatic carbocycles. The first-order valence-electron chi connectivity index (χ1n) is 6.26. The highest BCUT2D eigenvalue weighted by Crippen LogP contribution is 2.20. The monoisotopic (exact) mass is 336 g/mol. The molecular weight excluding hydrogens is 317 g/mol. The van der Waals surface area contributed by atoms with E-state index in [-0.39, 0.29) is 0 Å². The molecule has 0 unspecified atom stereocenters. The third-order valence-corrected chi connectivity index (χ3v) is 5.60. The van der Waals surface area contributed by atoms with Crippen LogP contribution in [-0.4, -0.2) is 41.5 Å². The Balaban J connectivity index is 0.000000396. The van der Waals surface area contributed by atoms with E-state index in [1.807, 2.05) is 0 Å². The molecule has 1 heterocycles. The SMILES string of the molecule is CCCCC(=O)C[S+]1CCCC1.O=S(=O)([O-])C(F)(F)F. The number of halogens is 3. The van der Waals surface area contributed by atoms with Crippen molar-refractivity contribution in [1.82, 2.24) is 0 Å². The number of rotatable bonds is 5. The van der Waals surface area contributed by atoms with Gasteiger partial charge in [-0.1, -0.05) is 13.3 Å². The Morgan fingerprint density at radius 2 is 1.70 bits per heavy atom. The van der Waals surface area contributed by atoms with Crippen LogP contribution in [0.1, 0.15) is 39.0 Å². The number of ketones is 1. The predicted molar refractivity (Wildman–Crippen MR) is 71.5 cm³/mol. The van der Waals surface area contributed by atoms with E-state index in [9.17, 15) is 18.0 Å². The summed E-state index contributed by atoms with van der Waals surface area (Å²) in [6.45, 7) is 2.14. The van der Waals surface area contributed by atoms with Crippen LogP contribution in [0.4, 0.5) is 13.2 Å². The molecule has 0 amide bonds. The molecular formula is C11H19F3O4S2. The lowest BCUT2D eigenvalue weighted by Crippen LogP contribution is -2.21. The van der Waals surface area contributed by atoms with E-state index < -0.39 is 15.6 Å². The molecule has 120 valence electrons. The molecule has 0 saturated carbocycles. The summed E-state index contributed by atoms with van der Waals surface area (Å²) in [4.78, 5) is 11.4. The molecule has 1 aliphatic heterocycles. The Morgan fingerprint density at radius 3 is 2.05 bits per heavy atom. The Kier molecular flexibility index (Phi) is 8.76. The van der Waals surface area contributed by atoms with Gasteiger partial charge < -0.3 is 4.55 Å². The fourth-order valence-electron chi connectivity index (χ4n) is 1.53. The molecule has 1 rings (SSSR count). The van der Waals surface area contributed by atoms with Crippen LogP contribution in [-0.2, 0) is 25.8 Å². The van der Waals surface area contributed by atoms with Crippen molar-refractivity contribution in [2.75, 3.05) is 17.3 Å². The second-order valence-corrected chi connectivity index (χ2v) is 8.12. The van der Waals surface area contributed by atoms with Crippen LogP contribution in [0.3, 0.4) is 0 Å². The Hall–Kier alpha value is -0.280. The summed E-state index contributed by atoms with van der Waals surface area (Å²) in [6, 6.07) is 0. The van der Waals surface area contributed by atoms with Crippen LogP contribution in [0.5, 0.6) is 0 Å². The number of alkyl halides is 3. The van der Waals surface area contributed by atoms with Gasteiger partial charge in [0.1, 0.15) is 11.5 Å². The first kappa shape index (κ1) is 19.7. The fraction of sp³-hybridized carbons (Fsp3) is 0.909. The molecule has 4 nitrogen and oxygen atoms in total. The summed E-state index contributed by atoms with van der Waals surface area (Å²) >= 11 is 0. The summed E-state index contributed by atoms with van der Waals surface area (Å²) < 4.78 is 58.9. The molecule has 1 aliphatic rings. The zero-order valence-corrected chi connectivity index (χ0v) is 12.9. The number of carbonyl (C=O) groups excluding carboxylic acids is 1. The minimum absolute atomic E-state index is 0.490. The second-order valence-electron chi connectivity index (χ2n) is 4.41. The van der Waals surface area contributed by atoms with Crippen molar-refractivity contribution >= 4 is 26.8 Å². The van der Waals surface area contributed by atoms with E-state index in [0.29, 0.717) is 16.7 Å². The van der Waals surface area contributed by atoms with Crippen molar-refractivity contribution in [3.05, 3.63) is 0 Å². The average molecular weight is 336 g/mol. The Bertz CT molecular complexity index is 387. The topological polar surface area (TPSA) is 74.3 Å². The molecule has 0 bridgehead atoms. The number of hydrogen-bond donors (Lipinski definition) is 0. The number of hydrogen-bond acceptors (Lipinski definition) is 4. The molecule has 1 fully saturated rings. The highest BCUT2D eigenvalue weighted by atomic mass is 32.2. The van der Waals surface area contributed by atoms with Gasteiger partial charge in [-0.2, -0.15) is 13.2 Å². The molecule has 0 radical (unpaired) electrons. The van der Waals surface area contributed by atoms with E-state index in [1.165, 1.54) is 24.3 Å². The highest BCUT2D eigenvalue weighted by molar-refractivity contribution is 7.97. The average Bonchev–Trinajstić information content (AvgIpc) is 2.77. The smallest absolute Gasteiger partial charge is 0.485 e. The molecule has 0 N–H and O–H groups in total. The quantitative estimate of drug-likeness (QED) is 0.438. The summed E-state index contributed by atoms with van der Waals surface area (Å²) in [7, 11) is -5.60. The second kappa shape index (κ2) is 8.89. The van der Waals surface area contributed by atoms with Gasteiger partial charge in [-0.05, 0) is 30.2 Å². The molecule has 0 atom stereocenters. The summed E-state index contributed by atoms with van der Waals surface area (Å²) in [5.41, 5.74) is -5.65. The first-order chi connectivity index (χ1) is 9.08. The standard InChI is InChI=1S/C10H19OS.CHF3O3S/c1-2-3-6-10(11)9-12-7-4-5-8-12;2-1(3,4)8(5,6)7/h2-9H2,1H3;(H,5,6,7)/q+1;/p-1. The third-order valence-electron chi connectivity index (χ3n) is 2.57. The lowest BCUT2D eigenvalue weighted by molar-refractivity contribution is -0.116. The summed E-state index contributed by atoms with van der Waals surface area (Å²) in [5.74, 6) is 4.08. The molecule has 0 aliphatic carbocycles. The van der Waals surface area contributed by atoms with E-state index in [4.69, 9.17) is 13.0 Å². The van der Waals surface area contributed by atoms with Gasteiger partial charge in [-0.25, -0.2) is 8.42 Å². The lowest BCUT2D eigenvalue weighted by atomic mass is 10.2. The highest BCUT2D eigenvalue weighted by Gasteiger charge is 2.36. The number of Topliss-reactive ketones (excluding diaryl/α,β-unsaturated/α-hetero) is 1. The summed E-state index contributed by atoms with van der Waals surface area (Å²) in [5, 5.41) is 0. The van der Waals surface area contributed by atoms with Crippen molar-refractivity contribution in [2.24, 2.45) is 0 Å². The van der Waals surface area contributed by atoms with Crippen LogP contribution >= 0.6 is 0 Å². The zero-order valence-electron chi connectivity index (χ0n) is 11.2. The van der Waals surface area contributed by atoms with E-state index in [1.54, 1.807) is 0 Å². The Labute approximate surface area is 120 Å². The lowest BCUT2D eigenvalue weighted by Gasteiger charge is -2.08. The fourth-order valence-corrected chi connectivity index (χ4v) is 3.85. The van der Waals surface area contributed by atoms with Crippen LogP contribution in [0.15, 0.2) is 0 Å². The van der Waals surface area contributed by atoms with Crippen LogP contribution in [0.2, 0.25) is 0 Å². The largest absolute Gasteiger partial charge is 0.741 e. The maximum absolute atomic E-state index is 11.4. The van der Waals surface area contributed by atoms with Crippen LogP contribution < -0.4 is 0 Å². The van der Waals surface area contributed by atoms with E-state index >= 15 is 0 Å². The molecule has 20 heavy (non-hydrogen) atoms. The third kappa shape index (κ3) is 8.80. The number of unbranched alkanes of at least 4 members (excludes halogenated alkanes) is 1. The van der Waals surface area contributed by atoms with Gasteiger partial charge >= 0.3 is 5.51 Å². The minimum Gasteiger partial charge on any atom is -0.741 e. The van der Waals surface area contributed by atoms with Gasteiger partial charge in [0.2, 0.25) is 0 Å². The first-order valence-corrected chi connectivity index (χ1v) is 9.40. The van der Waals surface area contributed by atoms with Gasteiger partial charge in [0.25, 0.3) is 0 Å². The molecule has 1 saturated heterocycles. The Morgan fingerprint density at radius 1 is 1.25 bits per heavy atom. The van der Waals surface area contributed by atoms with Crippen molar-refractivity contribution in [3.8, 4) is 0 Å². The van der Waals surface area contributed by atoms with Crippen LogP contribution in [0.25, 0.3) is 0 Å². The van der Waals surface area contributed by atoms with Gasteiger partial charge in [-0.15, -0.1) is 0 Å². The van der Waals surface area contributed by atoms with Gasteiger partial charge in [0.15, 0.2) is 21.7 Å². The van der Waals surface area contributed by atoms with Gasteiger partial charge in [-0.3, -0.25) is 4.79 Å². The molecule has 0 aromatic heterocycles. The normalized spacial score (nSPS) is 16.6. The van der Waals surface area contributed by atoms with Crippen LogP contribution in [0, 0.1) is 0 Å². The van der Waals surface area contributed by atoms with Gasteiger partial charge in [0, 0.05) is 6.42 Å². The van der Waals surface area contributed by atoms with Crippen molar-refractivity contribution in [3.63, 3.8) is 0 Å². The van der Waals surface area contributed by atoms with Gasteiger partial charge in [0.05, 0.1) is 0 Å². The predicted octanol–water partition coefficient (Wildman–Crippen LogP) is 2.21. The maximum atomic E-state index is 11.4. The summed E-state index contributed by atoms with van der Waals surface area (Å²) in [6.07, 6.45) is 5.81. The molecule has 0 aromatic rings. The minimum atomic E-state index is -6.09. The zero-order chi connectivity index (χ0) is 15.8. The molecule has 0 spiro atoms. The van der Waals surface area contributed by atoms with Crippen molar-refractivity contribution in [1.29, 1.82) is 0 Å². The van der Waals surface area contributed by atoms with Crippen molar-refractivity contribution < 1.29 is 30.9 Å². The maximum Gasteiger partial charge on any atom is 0.485 e. The van der Waals surface area contributed by atoms with Crippen molar-refractivity contribution in [2.45, 2.75) is 44.5 Å². The van der Waals surface area contributed by atoms with E-state index in [2.05, 4.69) is 6.92 Å². The number of carbonyl (C=O) groups is 1.